The fraction of sp³-hybridized carbons (Fsp3) is 0.111. The van der Waals surface area contributed by atoms with Gasteiger partial charge in [0.1, 0.15) is 17.4 Å². The highest BCUT2D eigenvalue weighted by atomic mass is 35.5. The second-order valence-electron chi connectivity index (χ2n) is 5.11. The Hall–Kier alpha value is -2.24. The molecule has 3 rings (SSSR count). The molecule has 122 valence electrons. The van der Waals surface area contributed by atoms with Crippen molar-refractivity contribution in [1.82, 2.24) is 4.98 Å². The Morgan fingerprint density at radius 2 is 1.83 bits per heavy atom. The van der Waals surface area contributed by atoms with Crippen LogP contribution in [0.2, 0.25) is 5.02 Å². The second kappa shape index (κ2) is 7.55. The molecular formula is C18H13ClFNO2S. The first-order valence-electron chi connectivity index (χ1n) is 7.20. The summed E-state index contributed by atoms with van der Waals surface area (Å²) in [7, 11) is 0. The van der Waals surface area contributed by atoms with Gasteiger partial charge >= 0.3 is 5.97 Å². The summed E-state index contributed by atoms with van der Waals surface area (Å²) in [6.07, 6.45) is 0.106. The van der Waals surface area contributed by atoms with Gasteiger partial charge in [0.2, 0.25) is 0 Å². The summed E-state index contributed by atoms with van der Waals surface area (Å²) in [4.78, 5) is 16.3. The lowest BCUT2D eigenvalue weighted by Gasteiger charge is -2.03. The summed E-state index contributed by atoms with van der Waals surface area (Å²) in [5, 5.41) is 3.37. The van der Waals surface area contributed by atoms with Gasteiger partial charge in [-0.1, -0.05) is 35.9 Å². The van der Waals surface area contributed by atoms with Crippen molar-refractivity contribution in [1.29, 1.82) is 0 Å². The number of hydrogen-bond donors (Lipinski definition) is 0. The molecule has 0 N–H and O–H groups in total. The highest BCUT2D eigenvalue weighted by Gasteiger charge is 2.09. The van der Waals surface area contributed by atoms with E-state index in [9.17, 15) is 9.18 Å². The van der Waals surface area contributed by atoms with E-state index in [2.05, 4.69) is 4.98 Å². The average Bonchev–Trinajstić information content (AvgIpc) is 3.05. The summed E-state index contributed by atoms with van der Waals surface area (Å²) >= 11 is 7.35. The van der Waals surface area contributed by atoms with Gasteiger partial charge in [0.05, 0.1) is 12.1 Å². The zero-order valence-corrected chi connectivity index (χ0v) is 14.1. The summed E-state index contributed by atoms with van der Waals surface area (Å²) in [5.41, 5.74) is 2.37. The van der Waals surface area contributed by atoms with Crippen LogP contribution in [0.15, 0.2) is 53.9 Å². The number of thiazole rings is 1. The van der Waals surface area contributed by atoms with Crippen molar-refractivity contribution in [2.75, 3.05) is 0 Å². The predicted molar refractivity (Wildman–Crippen MR) is 92.5 cm³/mol. The van der Waals surface area contributed by atoms with Gasteiger partial charge in [0.15, 0.2) is 0 Å². The van der Waals surface area contributed by atoms with Crippen LogP contribution >= 0.6 is 22.9 Å². The molecule has 0 aliphatic heterocycles. The minimum absolute atomic E-state index is 0.106. The first-order valence-corrected chi connectivity index (χ1v) is 8.46. The zero-order valence-electron chi connectivity index (χ0n) is 12.5. The molecule has 0 atom stereocenters. The molecule has 6 heteroatoms. The largest absolute Gasteiger partial charge is 0.459 e. The van der Waals surface area contributed by atoms with Crippen LogP contribution < -0.4 is 0 Å². The van der Waals surface area contributed by atoms with Crippen molar-refractivity contribution in [3.8, 4) is 10.6 Å². The molecule has 0 fully saturated rings. The number of carbonyl (C=O) groups is 1. The van der Waals surface area contributed by atoms with Gasteiger partial charge in [-0.3, -0.25) is 4.79 Å². The third kappa shape index (κ3) is 4.40. The summed E-state index contributed by atoms with van der Waals surface area (Å²) in [6, 6.07) is 13.2. The van der Waals surface area contributed by atoms with Gasteiger partial charge in [0, 0.05) is 16.0 Å². The van der Waals surface area contributed by atoms with Crippen molar-refractivity contribution in [3.05, 3.63) is 76.0 Å². The van der Waals surface area contributed by atoms with Crippen LogP contribution in [0.5, 0.6) is 0 Å². The Labute approximate surface area is 147 Å². The third-order valence-corrected chi connectivity index (χ3v) is 4.48. The van der Waals surface area contributed by atoms with E-state index >= 15 is 0 Å². The smallest absolute Gasteiger partial charge is 0.310 e. The normalized spacial score (nSPS) is 10.6. The fourth-order valence-electron chi connectivity index (χ4n) is 2.07. The summed E-state index contributed by atoms with van der Waals surface area (Å²) in [5.74, 6) is -0.702. The number of esters is 1. The van der Waals surface area contributed by atoms with E-state index in [-0.39, 0.29) is 24.8 Å². The number of halogens is 2. The van der Waals surface area contributed by atoms with Crippen LogP contribution in [0.1, 0.15) is 11.3 Å². The molecule has 0 aliphatic carbocycles. The number of aromatic nitrogens is 1. The quantitative estimate of drug-likeness (QED) is 0.607. The average molecular weight is 362 g/mol. The van der Waals surface area contributed by atoms with Gasteiger partial charge in [0.25, 0.3) is 0 Å². The molecule has 0 spiro atoms. The van der Waals surface area contributed by atoms with Gasteiger partial charge in [-0.2, -0.15) is 0 Å². The molecule has 0 amide bonds. The van der Waals surface area contributed by atoms with E-state index in [0.29, 0.717) is 16.3 Å². The Morgan fingerprint density at radius 3 is 2.54 bits per heavy atom. The van der Waals surface area contributed by atoms with E-state index in [1.807, 2.05) is 17.5 Å². The van der Waals surface area contributed by atoms with Crippen LogP contribution in [0.25, 0.3) is 10.6 Å². The minimum atomic E-state index is -0.373. The SMILES string of the molecule is O=C(Cc1ccc(F)cc1)OCc1csc(-c2ccc(Cl)cc2)n1. The molecule has 3 nitrogen and oxygen atoms in total. The zero-order chi connectivity index (χ0) is 16.9. The minimum Gasteiger partial charge on any atom is -0.459 e. The summed E-state index contributed by atoms with van der Waals surface area (Å²) in [6.45, 7) is 0.115. The van der Waals surface area contributed by atoms with Gasteiger partial charge in [-0.05, 0) is 29.8 Å². The molecule has 2 aromatic carbocycles. The molecule has 1 aromatic heterocycles. The number of ether oxygens (including phenoxy) is 1. The van der Waals surface area contributed by atoms with Crippen LogP contribution in [0, 0.1) is 5.82 Å². The molecule has 1 heterocycles. The van der Waals surface area contributed by atoms with Gasteiger partial charge < -0.3 is 4.74 Å². The number of hydrogen-bond acceptors (Lipinski definition) is 4. The van der Waals surface area contributed by atoms with Crippen molar-refractivity contribution < 1.29 is 13.9 Å². The molecule has 0 saturated heterocycles. The van der Waals surface area contributed by atoms with E-state index < -0.39 is 0 Å². The Balaban J connectivity index is 1.56. The second-order valence-corrected chi connectivity index (χ2v) is 6.41. The number of benzene rings is 2. The standard InChI is InChI=1S/C18H13ClFNO2S/c19-14-5-3-13(4-6-14)18-21-16(11-24-18)10-23-17(22)9-12-1-7-15(20)8-2-12/h1-8,11H,9-10H2. The monoisotopic (exact) mass is 361 g/mol. The molecule has 0 saturated carbocycles. The Bertz CT molecular complexity index is 831. The maximum absolute atomic E-state index is 12.8. The van der Waals surface area contributed by atoms with Crippen molar-refractivity contribution in [2.45, 2.75) is 13.0 Å². The van der Waals surface area contributed by atoms with Crippen LogP contribution in [-0.2, 0) is 22.6 Å². The first-order chi connectivity index (χ1) is 11.6. The van der Waals surface area contributed by atoms with Crippen molar-refractivity contribution in [2.24, 2.45) is 0 Å². The van der Waals surface area contributed by atoms with E-state index in [0.717, 1.165) is 10.6 Å². The van der Waals surface area contributed by atoms with Crippen LogP contribution in [0.4, 0.5) is 4.39 Å². The molecule has 0 aliphatic rings. The van der Waals surface area contributed by atoms with Crippen LogP contribution in [-0.4, -0.2) is 11.0 Å². The van der Waals surface area contributed by atoms with Crippen molar-refractivity contribution >= 4 is 28.9 Å². The molecule has 0 unspecified atom stereocenters. The maximum Gasteiger partial charge on any atom is 0.310 e. The Morgan fingerprint density at radius 1 is 1.12 bits per heavy atom. The number of carbonyl (C=O) groups excluding carboxylic acids is 1. The maximum atomic E-state index is 12.8. The molecule has 24 heavy (non-hydrogen) atoms. The van der Waals surface area contributed by atoms with E-state index in [4.69, 9.17) is 16.3 Å². The lowest BCUT2D eigenvalue weighted by atomic mass is 10.1. The number of rotatable bonds is 5. The lowest BCUT2D eigenvalue weighted by Crippen LogP contribution is -2.08. The van der Waals surface area contributed by atoms with E-state index in [1.165, 1.54) is 23.5 Å². The Kier molecular flexibility index (Phi) is 5.23. The molecule has 0 radical (unpaired) electrons. The first kappa shape index (κ1) is 16.6. The topological polar surface area (TPSA) is 39.2 Å². The molecule has 0 bridgehead atoms. The van der Waals surface area contributed by atoms with Crippen LogP contribution in [0.3, 0.4) is 0 Å². The highest BCUT2D eigenvalue weighted by Crippen LogP contribution is 2.25. The van der Waals surface area contributed by atoms with Gasteiger partial charge in [-0.15, -0.1) is 11.3 Å². The predicted octanol–water partition coefficient (Wildman–Crippen LogP) is 4.89. The molecule has 3 aromatic rings. The third-order valence-electron chi connectivity index (χ3n) is 3.29. The molecular weight excluding hydrogens is 349 g/mol. The van der Waals surface area contributed by atoms with E-state index in [1.54, 1.807) is 24.3 Å². The summed E-state index contributed by atoms with van der Waals surface area (Å²) < 4.78 is 18.0. The lowest BCUT2D eigenvalue weighted by molar-refractivity contribution is -0.144. The van der Waals surface area contributed by atoms with Gasteiger partial charge in [-0.25, -0.2) is 9.37 Å². The van der Waals surface area contributed by atoms with Crippen molar-refractivity contribution in [3.63, 3.8) is 0 Å². The fourth-order valence-corrected chi connectivity index (χ4v) is 3.01. The number of nitrogens with zero attached hydrogens (tertiary/aromatic N) is 1. The highest BCUT2D eigenvalue weighted by molar-refractivity contribution is 7.13.